The molecule has 0 radical (unpaired) electrons. The highest BCUT2D eigenvalue weighted by atomic mass is 32.2. The van der Waals surface area contributed by atoms with Gasteiger partial charge in [-0.15, -0.1) is 0 Å². The van der Waals surface area contributed by atoms with Crippen LogP contribution in [-0.4, -0.2) is 26.6 Å². The second kappa shape index (κ2) is 4.63. The molecule has 6 nitrogen and oxygen atoms in total. The van der Waals surface area contributed by atoms with E-state index in [1.54, 1.807) is 0 Å². The summed E-state index contributed by atoms with van der Waals surface area (Å²) in [5, 5.41) is -0.594. The van der Waals surface area contributed by atoms with E-state index in [-0.39, 0.29) is 10.6 Å². The highest BCUT2D eigenvalue weighted by molar-refractivity contribution is 7.93. The van der Waals surface area contributed by atoms with E-state index < -0.39 is 25.4 Å². The molecule has 0 spiro atoms. The molecule has 96 valence electrons. The number of sulfonamides is 1. The molecule has 0 heterocycles. The van der Waals surface area contributed by atoms with E-state index in [1.165, 1.54) is 26.0 Å². The van der Waals surface area contributed by atoms with E-state index in [0.29, 0.717) is 0 Å². The van der Waals surface area contributed by atoms with Gasteiger partial charge in [-0.2, -0.15) is 8.42 Å². The lowest BCUT2D eigenvalue weighted by molar-refractivity contribution is 0.483. The van der Waals surface area contributed by atoms with Crippen molar-refractivity contribution in [3.8, 4) is 0 Å². The Morgan fingerprint density at radius 3 is 1.88 bits per heavy atom. The van der Waals surface area contributed by atoms with E-state index in [9.17, 15) is 16.8 Å². The van der Waals surface area contributed by atoms with Crippen LogP contribution in [0.25, 0.3) is 0 Å². The molecule has 1 aromatic carbocycles. The van der Waals surface area contributed by atoms with Crippen molar-refractivity contribution in [2.24, 2.45) is 0 Å². The number of hydrogen-bond donors (Lipinski definition) is 2. The van der Waals surface area contributed by atoms with E-state index >= 15 is 0 Å². The number of hydrogen-bond acceptors (Lipinski definition) is 4. The lowest BCUT2D eigenvalue weighted by Gasteiger charge is -2.10. The summed E-state index contributed by atoms with van der Waals surface area (Å²) in [7, 11) is -7.72. The molecule has 0 aliphatic rings. The summed E-state index contributed by atoms with van der Waals surface area (Å²) in [6.07, 6.45) is 0. The van der Waals surface area contributed by atoms with Gasteiger partial charge < -0.3 is 0 Å². The molecule has 2 N–H and O–H groups in total. The molecule has 0 bridgehead atoms. The smallest absolute Gasteiger partial charge is 0.283 e. The van der Waals surface area contributed by atoms with Crippen molar-refractivity contribution in [2.75, 3.05) is 4.72 Å². The van der Waals surface area contributed by atoms with E-state index in [1.807, 2.05) is 0 Å². The average Bonchev–Trinajstić information content (AvgIpc) is 2.16. The Hall–Kier alpha value is -1.12. The number of nitrogens with one attached hydrogen (secondary N) is 1. The van der Waals surface area contributed by atoms with Crippen LogP contribution < -0.4 is 4.72 Å². The first kappa shape index (κ1) is 13.9. The molecule has 1 rings (SSSR count). The van der Waals surface area contributed by atoms with Gasteiger partial charge in [-0.05, 0) is 38.1 Å². The molecule has 8 heteroatoms. The van der Waals surface area contributed by atoms with E-state index in [4.69, 9.17) is 4.55 Å². The zero-order chi connectivity index (χ0) is 13.3. The monoisotopic (exact) mass is 279 g/mol. The molecule has 0 aromatic heterocycles. The predicted molar refractivity (Wildman–Crippen MR) is 63.9 cm³/mol. The van der Waals surface area contributed by atoms with Gasteiger partial charge in [0, 0.05) is 5.69 Å². The van der Waals surface area contributed by atoms with Crippen molar-refractivity contribution in [3.05, 3.63) is 24.3 Å². The third-order valence-corrected chi connectivity index (χ3v) is 4.66. The molecular weight excluding hydrogens is 266 g/mol. The maximum absolute atomic E-state index is 11.5. The summed E-state index contributed by atoms with van der Waals surface area (Å²) in [6, 6.07) is 4.77. The Balaban J connectivity index is 2.98. The third kappa shape index (κ3) is 3.69. The lowest BCUT2D eigenvalue weighted by atomic mass is 10.3. The molecule has 0 aliphatic carbocycles. The maximum atomic E-state index is 11.5. The number of rotatable bonds is 4. The Bertz CT molecular complexity index is 587. The summed E-state index contributed by atoms with van der Waals surface area (Å²) >= 11 is 0. The molecular formula is C9H13NO5S2. The molecule has 1 aromatic rings. The lowest BCUT2D eigenvalue weighted by Crippen LogP contribution is -2.22. The van der Waals surface area contributed by atoms with Crippen LogP contribution in [0.1, 0.15) is 13.8 Å². The second-order valence-electron chi connectivity index (χ2n) is 3.70. The quantitative estimate of drug-likeness (QED) is 0.803. The summed E-state index contributed by atoms with van der Waals surface area (Å²) < 4.78 is 55.5. The van der Waals surface area contributed by atoms with Crippen molar-refractivity contribution in [3.63, 3.8) is 0 Å². The molecule has 0 unspecified atom stereocenters. The molecule has 0 saturated heterocycles. The van der Waals surface area contributed by atoms with Crippen molar-refractivity contribution in [1.82, 2.24) is 0 Å². The molecule has 0 saturated carbocycles. The van der Waals surface area contributed by atoms with E-state index in [0.717, 1.165) is 12.1 Å². The standard InChI is InChI=1S/C9H13NO5S2/c1-7(2)16(11,12)10-8-3-5-9(6-4-8)17(13,14)15/h3-7,10H,1-2H3,(H,13,14,15). The number of anilines is 1. The minimum absolute atomic E-state index is 0.242. The van der Waals surface area contributed by atoms with Gasteiger partial charge >= 0.3 is 0 Å². The third-order valence-electron chi connectivity index (χ3n) is 2.03. The summed E-state index contributed by atoms with van der Waals surface area (Å²) in [5.74, 6) is 0. The van der Waals surface area contributed by atoms with Gasteiger partial charge in [0.15, 0.2) is 0 Å². The highest BCUT2D eigenvalue weighted by Gasteiger charge is 2.16. The van der Waals surface area contributed by atoms with Crippen molar-refractivity contribution >= 4 is 25.8 Å². The van der Waals surface area contributed by atoms with Gasteiger partial charge in [0.1, 0.15) is 0 Å². The van der Waals surface area contributed by atoms with Gasteiger partial charge in [-0.1, -0.05) is 0 Å². The van der Waals surface area contributed by atoms with Gasteiger partial charge in [-0.25, -0.2) is 8.42 Å². The Morgan fingerprint density at radius 2 is 1.53 bits per heavy atom. The molecule has 0 amide bonds. The van der Waals surface area contributed by atoms with Crippen LogP contribution in [-0.2, 0) is 20.1 Å². The summed E-state index contributed by atoms with van der Waals surface area (Å²) in [5.41, 5.74) is 0.242. The fraction of sp³-hybridized carbons (Fsp3) is 0.333. The minimum Gasteiger partial charge on any atom is -0.283 e. The molecule has 17 heavy (non-hydrogen) atoms. The van der Waals surface area contributed by atoms with E-state index in [2.05, 4.69) is 4.72 Å². The van der Waals surface area contributed by atoms with Crippen LogP contribution in [0.5, 0.6) is 0 Å². The largest absolute Gasteiger partial charge is 0.294 e. The molecule has 0 aliphatic heterocycles. The predicted octanol–water partition coefficient (Wildman–Crippen LogP) is 1.08. The van der Waals surface area contributed by atoms with Crippen molar-refractivity contribution < 1.29 is 21.4 Å². The van der Waals surface area contributed by atoms with Crippen LogP contribution in [0.4, 0.5) is 5.69 Å². The maximum Gasteiger partial charge on any atom is 0.294 e. The first-order valence-corrected chi connectivity index (χ1v) is 7.71. The SMILES string of the molecule is CC(C)S(=O)(=O)Nc1ccc(S(=O)(=O)O)cc1. The minimum atomic E-state index is -4.26. The normalized spacial score (nSPS) is 12.7. The molecule has 0 fully saturated rings. The Labute approximate surface area is 100 Å². The van der Waals surface area contributed by atoms with Gasteiger partial charge in [0.05, 0.1) is 10.1 Å². The average molecular weight is 279 g/mol. The van der Waals surface area contributed by atoms with Crippen LogP contribution >= 0.6 is 0 Å². The fourth-order valence-electron chi connectivity index (χ4n) is 0.977. The van der Waals surface area contributed by atoms with Gasteiger partial charge in [0.2, 0.25) is 10.0 Å². The van der Waals surface area contributed by atoms with Crippen molar-refractivity contribution in [2.45, 2.75) is 24.0 Å². The second-order valence-corrected chi connectivity index (χ2v) is 7.35. The van der Waals surface area contributed by atoms with Gasteiger partial charge in [-0.3, -0.25) is 9.27 Å². The van der Waals surface area contributed by atoms with Crippen molar-refractivity contribution in [1.29, 1.82) is 0 Å². The zero-order valence-corrected chi connectivity index (χ0v) is 10.9. The highest BCUT2D eigenvalue weighted by Crippen LogP contribution is 2.16. The van der Waals surface area contributed by atoms with Crippen LogP contribution in [0, 0.1) is 0 Å². The Morgan fingerprint density at radius 1 is 1.06 bits per heavy atom. The first-order valence-electron chi connectivity index (χ1n) is 4.72. The van der Waals surface area contributed by atoms with Crippen LogP contribution in [0.3, 0.4) is 0 Å². The topological polar surface area (TPSA) is 101 Å². The molecule has 0 atom stereocenters. The summed E-state index contributed by atoms with van der Waals surface area (Å²) in [4.78, 5) is -0.287. The fourth-order valence-corrected chi connectivity index (χ4v) is 2.16. The first-order chi connectivity index (χ1) is 7.63. The van der Waals surface area contributed by atoms with Gasteiger partial charge in [0.25, 0.3) is 10.1 Å². The zero-order valence-electron chi connectivity index (χ0n) is 9.28. The van der Waals surface area contributed by atoms with Crippen LogP contribution in [0.15, 0.2) is 29.2 Å². The Kier molecular flexibility index (Phi) is 3.80. The van der Waals surface area contributed by atoms with Crippen LogP contribution in [0.2, 0.25) is 0 Å². The number of benzene rings is 1. The summed E-state index contributed by atoms with van der Waals surface area (Å²) in [6.45, 7) is 3.05.